The number of carboxylic acid groups (broad SMARTS) is 2. The van der Waals surface area contributed by atoms with E-state index in [1.807, 2.05) is 0 Å². The first-order chi connectivity index (χ1) is 24.9. The number of piperazine rings is 3. The molecule has 0 spiro atoms. The van der Waals surface area contributed by atoms with Gasteiger partial charge >= 0.3 is 0 Å². The Morgan fingerprint density at radius 1 is 0.673 bits per heavy atom. The molecule has 4 amide bonds. The van der Waals surface area contributed by atoms with Crippen LogP contribution in [0.2, 0.25) is 0 Å². The van der Waals surface area contributed by atoms with Crippen LogP contribution in [0.5, 0.6) is 0 Å². The molecule has 2 bridgehead atoms. The number of quaternary nitrogens is 2. The van der Waals surface area contributed by atoms with Crippen molar-refractivity contribution in [3.05, 3.63) is 0 Å². The lowest BCUT2D eigenvalue weighted by atomic mass is 10.0. The lowest BCUT2D eigenvalue weighted by Gasteiger charge is -2.58. The van der Waals surface area contributed by atoms with E-state index in [9.17, 15) is 39.0 Å². The van der Waals surface area contributed by atoms with Crippen molar-refractivity contribution in [2.24, 2.45) is 5.73 Å². The average Bonchev–Trinajstić information content (AvgIpc) is 3.11. The van der Waals surface area contributed by atoms with E-state index in [4.69, 9.17) is 5.73 Å². The van der Waals surface area contributed by atoms with E-state index < -0.39 is 61.3 Å². The van der Waals surface area contributed by atoms with Crippen LogP contribution in [-0.2, 0) is 28.8 Å². The molecule has 0 radical (unpaired) electrons. The van der Waals surface area contributed by atoms with Gasteiger partial charge in [0.15, 0.2) is 25.7 Å². The van der Waals surface area contributed by atoms with E-state index in [-0.39, 0.29) is 23.3 Å². The number of hydrogen-bond donors (Lipinski definition) is 4. The number of nitrogens with one attached hydrogen (secondary N) is 3. The fraction of sp³-hybridized carbons (Fsp3) is 0.838. The van der Waals surface area contributed by atoms with Gasteiger partial charge in [0.2, 0.25) is 17.7 Å². The maximum Gasteiger partial charge on any atom is 0.265 e. The fourth-order valence-electron chi connectivity index (χ4n) is 7.82. The van der Waals surface area contributed by atoms with Crippen molar-refractivity contribution in [2.75, 3.05) is 65.4 Å². The maximum absolute atomic E-state index is 13.7. The van der Waals surface area contributed by atoms with Gasteiger partial charge in [-0.05, 0) is 51.5 Å². The fourth-order valence-corrected chi connectivity index (χ4v) is 7.82. The van der Waals surface area contributed by atoms with Crippen molar-refractivity contribution in [2.45, 2.75) is 135 Å². The van der Waals surface area contributed by atoms with Crippen LogP contribution >= 0.6 is 0 Å². The minimum atomic E-state index is -1.48. The summed E-state index contributed by atoms with van der Waals surface area (Å²) in [6, 6.07) is -2.21. The number of rotatable bonds is 29. The highest BCUT2D eigenvalue weighted by Crippen LogP contribution is 2.32. The number of unbranched alkanes of at least 4 members (excludes halogenated alkanes) is 12. The number of aliphatic carboxylic acids is 2. The Balaban J connectivity index is 1.95. The van der Waals surface area contributed by atoms with E-state index in [0.29, 0.717) is 39.0 Å². The molecule has 0 aromatic carbocycles. The molecular formula is C37H67N7O8. The molecule has 5 N–H and O–H groups in total. The van der Waals surface area contributed by atoms with Gasteiger partial charge in [0.05, 0.1) is 25.6 Å². The highest BCUT2D eigenvalue weighted by Gasteiger charge is 2.55. The summed E-state index contributed by atoms with van der Waals surface area (Å²) in [6.07, 6.45) is 16.3. The second-order valence-corrected chi connectivity index (χ2v) is 14.9. The summed E-state index contributed by atoms with van der Waals surface area (Å²) in [5.41, 5.74) is 5.54. The van der Waals surface area contributed by atoms with Gasteiger partial charge in [0.1, 0.15) is 25.7 Å². The van der Waals surface area contributed by atoms with Gasteiger partial charge in [-0.25, -0.2) is 4.59 Å². The molecule has 3 aliphatic heterocycles. The Morgan fingerprint density at radius 2 is 1.21 bits per heavy atom. The summed E-state index contributed by atoms with van der Waals surface area (Å²) in [4.78, 5) is 74.6. The first-order valence-electron chi connectivity index (χ1n) is 19.8. The molecule has 15 nitrogen and oxygen atoms in total. The van der Waals surface area contributed by atoms with Crippen molar-refractivity contribution in [3.63, 3.8) is 0 Å². The Hall–Kier alpha value is -3.30. The molecule has 15 heteroatoms. The molecule has 3 saturated heterocycles. The van der Waals surface area contributed by atoms with Crippen LogP contribution in [0.1, 0.15) is 123 Å². The van der Waals surface area contributed by atoms with Crippen molar-refractivity contribution >= 4 is 35.6 Å². The van der Waals surface area contributed by atoms with Crippen molar-refractivity contribution < 1.29 is 48.1 Å². The van der Waals surface area contributed by atoms with E-state index >= 15 is 0 Å². The molecule has 3 rings (SSSR count). The maximum atomic E-state index is 13.7. The lowest BCUT2D eigenvalue weighted by molar-refractivity contribution is -1.13. The van der Waals surface area contributed by atoms with Crippen LogP contribution in [0, 0.1) is 0 Å². The minimum absolute atomic E-state index is 0.179. The van der Waals surface area contributed by atoms with Crippen LogP contribution in [0.25, 0.3) is 0 Å². The normalized spacial score (nSPS) is 20.4. The summed E-state index contributed by atoms with van der Waals surface area (Å²) in [7, 11) is 0. The highest BCUT2D eigenvalue weighted by atomic mass is 16.4. The quantitative estimate of drug-likeness (QED) is 0.0580. The minimum Gasteiger partial charge on any atom is -0.550 e. The number of amides is 4. The number of fused-ring (bicyclic) bond motifs is 3. The number of carbonyl (C=O) groups excluding carboxylic acids is 6. The molecule has 0 aliphatic carbocycles. The predicted molar refractivity (Wildman–Crippen MR) is 192 cm³/mol. The lowest BCUT2D eigenvalue weighted by Crippen LogP contribution is -2.81. The van der Waals surface area contributed by atoms with Crippen molar-refractivity contribution in [3.8, 4) is 0 Å². The smallest absolute Gasteiger partial charge is 0.265 e. The van der Waals surface area contributed by atoms with Gasteiger partial charge in [0.25, 0.3) is 5.91 Å². The zero-order valence-corrected chi connectivity index (χ0v) is 31.9. The Bertz CT molecular complexity index is 1130. The molecule has 3 heterocycles. The van der Waals surface area contributed by atoms with E-state index in [1.165, 1.54) is 89.0 Å². The molecular weight excluding hydrogens is 670 g/mol. The summed E-state index contributed by atoms with van der Waals surface area (Å²) in [5.74, 6) is -5.27. The highest BCUT2D eigenvalue weighted by molar-refractivity contribution is 5.92. The van der Waals surface area contributed by atoms with Gasteiger partial charge in [-0.15, -0.1) is 0 Å². The third-order valence-electron chi connectivity index (χ3n) is 10.9. The van der Waals surface area contributed by atoms with E-state index in [0.717, 1.165) is 30.7 Å². The number of carboxylic acids is 2. The molecule has 3 fully saturated rings. The number of carbonyl (C=O) groups is 6. The van der Waals surface area contributed by atoms with Gasteiger partial charge in [-0.1, -0.05) is 71.1 Å². The first kappa shape index (κ1) is 44.9. The summed E-state index contributed by atoms with van der Waals surface area (Å²) < 4.78 is 1.27. The zero-order chi connectivity index (χ0) is 38.4. The number of nitrogens with zero attached hydrogens (tertiary/aromatic N) is 3. The van der Waals surface area contributed by atoms with E-state index in [1.54, 1.807) is 0 Å². The predicted octanol–water partition coefficient (Wildman–Crippen LogP) is -0.393. The van der Waals surface area contributed by atoms with Crippen molar-refractivity contribution in [1.82, 2.24) is 21.0 Å². The largest absolute Gasteiger partial charge is 0.550 e. The van der Waals surface area contributed by atoms with E-state index in [2.05, 4.69) is 22.9 Å². The number of hydrogen-bond acceptors (Lipinski definition) is 9. The first-order valence-corrected chi connectivity index (χ1v) is 19.8. The summed E-state index contributed by atoms with van der Waals surface area (Å²) >= 11 is 0. The van der Waals surface area contributed by atoms with Crippen LogP contribution in [0.3, 0.4) is 0 Å². The number of nitrogens with two attached hydrogens (primary N) is 1. The van der Waals surface area contributed by atoms with Gasteiger partial charge in [-0.3, -0.25) is 19.2 Å². The van der Waals surface area contributed by atoms with Crippen molar-refractivity contribution in [1.29, 1.82) is 0 Å². The Kier molecular flexibility index (Phi) is 20.8. The molecule has 298 valence electrons. The molecule has 0 saturated carbocycles. The van der Waals surface area contributed by atoms with Gasteiger partial charge < -0.3 is 46.0 Å². The van der Waals surface area contributed by atoms with Crippen LogP contribution in [-0.4, -0.2) is 127 Å². The Labute approximate surface area is 310 Å². The Morgan fingerprint density at radius 3 is 1.71 bits per heavy atom. The van der Waals surface area contributed by atoms with Crippen LogP contribution in [0.15, 0.2) is 0 Å². The monoisotopic (exact) mass is 738 g/mol. The molecule has 52 heavy (non-hydrogen) atoms. The molecule has 0 aromatic heterocycles. The topological polar surface area (TPSA) is 214 Å². The standard InChI is InChI=1S/C37H67N7O8/c1-3-4-5-6-7-8-9-10-11-12-13-16-21-43-22-25-44(26-23-43,27-24-43)42(30(2)45)32(18-19-34(47)48)37(52)39-28-33(46)41-31(17-14-15-20-38)36(51)40-29-35(49)50/h31-32H,3-29,38H2,1-2H3,(H3-2,39,40,41,46,47,48,49,50,51,52)/t31-,32-,43?,44?/m0/s1. The third-order valence-corrected chi connectivity index (χ3v) is 10.9. The summed E-state index contributed by atoms with van der Waals surface area (Å²) in [6.45, 7) is 8.39. The van der Waals surface area contributed by atoms with Gasteiger partial charge in [0, 0.05) is 12.9 Å². The molecule has 0 unspecified atom stereocenters. The molecule has 3 aliphatic rings. The second kappa shape index (κ2) is 24.1. The summed E-state index contributed by atoms with van der Waals surface area (Å²) in [5, 5.41) is 31.1. The van der Waals surface area contributed by atoms with Crippen LogP contribution < -0.4 is 31.9 Å². The zero-order valence-electron chi connectivity index (χ0n) is 31.9. The van der Waals surface area contributed by atoms with Crippen LogP contribution in [0.4, 0.5) is 0 Å². The average molecular weight is 738 g/mol. The second-order valence-electron chi connectivity index (χ2n) is 14.9. The third kappa shape index (κ3) is 15.7. The molecule has 0 aromatic rings. The SMILES string of the molecule is CCCCCCCCCCCCCC[N+]12CC[N+](N(C(C)=O)[C@@H](CCC(=O)[O-])C(=O)NCC(=O)N[C@@H](CCCCN)C(=O)NCC(=O)[O-])(CC1)CC2. The molecule has 2 atom stereocenters. The van der Waals surface area contributed by atoms with Gasteiger partial charge in [-0.2, -0.15) is 5.01 Å².